The highest BCUT2D eigenvalue weighted by molar-refractivity contribution is 9.10. The minimum Gasteiger partial charge on any atom is -0.486 e. The van der Waals surface area contributed by atoms with Gasteiger partial charge in [0.05, 0.1) is 16.0 Å². The van der Waals surface area contributed by atoms with E-state index < -0.39 is 10.7 Å². The van der Waals surface area contributed by atoms with Crippen molar-refractivity contribution < 1.29 is 19.3 Å². The van der Waals surface area contributed by atoms with Crippen molar-refractivity contribution in [2.75, 3.05) is 6.61 Å². The van der Waals surface area contributed by atoms with Gasteiger partial charge in [0.25, 0.3) is 0 Å². The molecule has 0 saturated carbocycles. The van der Waals surface area contributed by atoms with Gasteiger partial charge in [-0.05, 0) is 15.9 Å². The van der Waals surface area contributed by atoms with E-state index in [2.05, 4.69) is 21.1 Å². The molecule has 1 aromatic rings. The van der Waals surface area contributed by atoms with Crippen LogP contribution < -0.4 is 10.5 Å². The lowest BCUT2D eigenvalue weighted by Gasteiger charge is -2.07. The number of rotatable bonds is 5. The molecule has 0 aromatic heterocycles. The third-order valence-electron chi connectivity index (χ3n) is 1.94. The zero-order chi connectivity index (χ0) is 13.7. The molecule has 7 nitrogen and oxygen atoms in total. The highest BCUT2D eigenvalue weighted by atomic mass is 79.9. The minimum absolute atomic E-state index is 0.0296. The predicted molar refractivity (Wildman–Crippen MR) is 64.3 cm³/mol. The van der Waals surface area contributed by atoms with Crippen LogP contribution >= 0.6 is 15.9 Å². The Balaban J connectivity index is 2.87. The third-order valence-corrected chi connectivity index (χ3v) is 2.55. The Hall–Kier alpha value is -1.90. The highest BCUT2D eigenvalue weighted by Gasteiger charge is 2.18. The van der Waals surface area contributed by atoms with Crippen molar-refractivity contribution in [3.63, 3.8) is 0 Å². The zero-order valence-electron chi connectivity index (χ0n) is 8.97. The van der Waals surface area contributed by atoms with Crippen LogP contribution in [0.3, 0.4) is 0 Å². The first-order valence-electron chi connectivity index (χ1n) is 4.68. The average molecular weight is 322 g/mol. The topological polar surface area (TPSA) is 111 Å². The summed E-state index contributed by atoms with van der Waals surface area (Å²) in [5.74, 6) is -0.985. The number of nitrogens with two attached hydrogens (primary N) is 1. The minimum atomic E-state index is -0.691. The first-order chi connectivity index (χ1) is 8.45. The van der Waals surface area contributed by atoms with Crippen LogP contribution in [0.25, 0.3) is 0 Å². The summed E-state index contributed by atoms with van der Waals surface area (Å²) >= 11 is 2.84. The van der Waals surface area contributed by atoms with Crippen molar-refractivity contribution >= 4 is 27.5 Å². The van der Waals surface area contributed by atoms with Crippen molar-refractivity contribution in [3.8, 4) is 5.75 Å². The fourth-order valence-corrected chi connectivity index (χ4v) is 1.42. The molecule has 0 atom stereocenters. The number of ether oxygens (including phenoxy) is 1. The summed E-state index contributed by atoms with van der Waals surface area (Å²) in [6.07, 6.45) is 0.0609. The highest BCUT2D eigenvalue weighted by Crippen LogP contribution is 2.32. The van der Waals surface area contributed by atoms with Crippen molar-refractivity contribution in [1.29, 1.82) is 0 Å². The van der Waals surface area contributed by atoms with Crippen molar-refractivity contribution in [2.24, 2.45) is 10.9 Å². The van der Waals surface area contributed by atoms with Crippen LogP contribution in [0.1, 0.15) is 6.42 Å². The normalized spacial score (nSPS) is 11.3. The number of benzene rings is 1. The van der Waals surface area contributed by atoms with E-state index in [1.807, 2.05) is 0 Å². The Morgan fingerprint density at radius 2 is 2.33 bits per heavy atom. The molecule has 0 spiro atoms. The van der Waals surface area contributed by atoms with Crippen LogP contribution in [0.15, 0.2) is 21.8 Å². The van der Waals surface area contributed by atoms with Gasteiger partial charge in [-0.1, -0.05) is 5.16 Å². The summed E-state index contributed by atoms with van der Waals surface area (Å²) in [4.78, 5) is 10.0. The molecule has 0 aliphatic carbocycles. The van der Waals surface area contributed by atoms with E-state index in [-0.39, 0.29) is 34.8 Å². The molecule has 1 rings (SSSR count). The molecule has 9 heteroatoms. The monoisotopic (exact) mass is 321 g/mol. The summed E-state index contributed by atoms with van der Waals surface area (Å²) < 4.78 is 18.2. The van der Waals surface area contributed by atoms with E-state index in [9.17, 15) is 14.5 Å². The summed E-state index contributed by atoms with van der Waals surface area (Å²) in [6.45, 7) is -0.0716. The van der Waals surface area contributed by atoms with E-state index in [1.54, 1.807) is 0 Å². The molecule has 98 valence electrons. The lowest BCUT2D eigenvalue weighted by Crippen LogP contribution is -2.15. The molecule has 0 radical (unpaired) electrons. The molecule has 18 heavy (non-hydrogen) atoms. The van der Waals surface area contributed by atoms with Crippen LogP contribution in [0, 0.1) is 15.9 Å². The molecule has 3 N–H and O–H groups in total. The van der Waals surface area contributed by atoms with E-state index in [1.165, 1.54) is 0 Å². The second-order valence-electron chi connectivity index (χ2n) is 3.18. The fraction of sp³-hybridized carbons (Fsp3) is 0.222. The van der Waals surface area contributed by atoms with Gasteiger partial charge in [-0.2, -0.15) is 0 Å². The maximum absolute atomic E-state index is 13.2. The summed E-state index contributed by atoms with van der Waals surface area (Å²) in [5.41, 5.74) is 4.82. The molecule has 1 aromatic carbocycles. The van der Waals surface area contributed by atoms with Crippen LogP contribution in [0.2, 0.25) is 0 Å². The SMILES string of the molecule is N/C(CCOc1cc(F)c(Br)cc1[N+](=O)[O-])=N/O. The van der Waals surface area contributed by atoms with Crippen LogP contribution in [-0.2, 0) is 0 Å². The molecule has 0 heterocycles. The quantitative estimate of drug-likeness (QED) is 0.283. The van der Waals surface area contributed by atoms with Crippen LogP contribution in [-0.4, -0.2) is 22.6 Å². The average Bonchev–Trinajstić information content (AvgIpc) is 2.32. The van der Waals surface area contributed by atoms with E-state index in [0.29, 0.717) is 0 Å². The smallest absolute Gasteiger partial charge is 0.312 e. The maximum atomic E-state index is 13.2. The summed E-state index contributed by atoms with van der Waals surface area (Å²) in [6, 6.07) is 1.91. The number of hydrogen-bond donors (Lipinski definition) is 2. The van der Waals surface area contributed by atoms with Gasteiger partial charge in [-0.3, -0.25) is 10.1 Å². The largest absolute Gasteiger partial charge is 0.486 e. The molecule has 0 amide bonds. The Morgan fingerprint density at radius 3 is 2.89 bits per heavy atom. The number of halogens is 2. The Labute approximate surface area is 109 Å². The number of nitro benzene ring substituents is 1. The molecular formula is C9H9BrFN3O4. The lowest BCUT2D eigenvalue weighted by molar-refractivity contribution is -0.386. The van der Waals surface area contributed by atoms with Crippen molar-refractivity contribution in [1.82, 2.24) is 0 Å². The van der Waals surface area contributed by atoms with E-state index >= 15 is 0 Å². The molecular weight excluding hydrogens is 313 g/mol. The number of nitro groups is 1. The summed E-state index contributed by atoms with van der Waals surface area (Å²) in [7, 11) is 0. The van der Waals surface area contributed by atoms with Crippen molar-refractivity contribution in [3.05, 3.63) is 32.5 Å². The molecule has 0 saturated heterocycles. The fourth-order valence-electron chi connectivity index (χ4n) is 1.09. The van der Waals surface area contributed by atoms with Gasteiger partial charge < -0.3 is 15.7 Å². The first-order valence-corrected chi connectivity index (χ1v) is 5.47. The second-order valence-corrected chi connectivity index (χ2v) is 4.04. The van der Waals surface area contributed by atoms with E-state index in [4.69, 9.17) is 15.7 Å². The number of amidine groups is 1. The number of oxime groups is 1. The van der Waals surface area contributed by atoms with Crippen LogP contribution in [0.5, 0.6) is 5.75 Å². The van der Waals surface area contributed by atoms with E-state index in [0.717, 1.165) is 12.1 Å². The first kappa shape index (κ1) is 14.2. The van der Waals surface area contributed by atoms with Gasteiger partial charge in [0, 0.05) is 18.6 Å². The second kappa shape index (κ2) is 6.15. The lowest BCUT2D eigenvalue weighted by atomic mass is 10.3. The van der Waals surface area contributed by atoms with Gasteiger partial charge in [-0.25, -0.2) is 4.39 Å². The maximum Gasteiger partial charge on any atom is 0.312 e. The Bertz CT molecular complexity index is 495. The van der Waals surface area contributed by atoms with Gasteiger partial charge >= 0.3 is 5.69 Å². The van der Waals surface area contributed by atoms with Gasteiger partial charge in [0.15, 0.2) is 5.75 Å². The zero-order valence-corrected chi connectivity index (χ0v) is 10.6. The molecule has 0 fully saturated rings. The summed E-state index contributed by atoms with van der Waals surface area (Å²) in [5, 5.41) is 21.7. The number of hydrogen-bond acceptors (Lipinski definition) is 5. The molecule has 0 bridgehead atoms. The van der Waals surface area contributed by atoms with Crippen LogP contribution in [0.4, 0.5) is 10.1 Å². The van der Waals surface area contributed by atoms with Gasteiger partial charge in [0.2, 0.25) is 0 Å². The van der Waals surface area contributed by atoms with Gasteiger partial charge in [-0.15, -0.1) is 0 Å². The van der Waals surface area contributed by atoms with Gasteiger partial charge in [0.1, 0.15) is 11.7 Å². The molecule has 0 aliphatic heterocycles. The third kappa shape index (κ3) is 3.55. The standard InChI is InChI=1S/C9H9BrFN3O4/c10-5-3-7(14(16)17)8(4-6(5)11)18-2-1-9(12)13-15/h3-4,15H,1-2H2,(H2,12,13). The van der Waals surface area contributed by atoms with Crippen molar-refractivity contribution in [2.45, 2.75) is 6.42 Å². The Morgan fingerprint density at radius 1 is 1.67 bits per heavy atom. The Kier molecular flexibility index (Phi) is 4.84. The number of nitrogens with zero attached hydrogens (tertiary/aromatic N) is 2. The predicted octanol–water partition coefficient (Wildman–Crippen LogP) is 2.01. The molecule has 0 aliphatic rings. The molecule has 0 unspecified atom stereocenters.